The van der Waals surface area contributed by atoms with E-state index in [1.165, 1.54) is 19.3 Å². The lowest BCUT2D eigenvalue weighted by atomic mass is 9.44. The number of epoxide rings is 1. The van der Waals surface area contributed by atoms with Gasteiger partial charge in [-0.15, -0.1) is 0 Å². The summed E-state index contributed by atoms with van der Waals surface area (Å²) >= 11 is 2.11. The molecule has 0 aromatic rings. The molecule has 0 spiro atoms. The minimum absolute atomic E-state index is 0.0142. The summed E-state index contributed by atoms with van der Waals surface area (Å²) in [5.41, 5.74) is 0.187. The largest absolute Gasteiger partial charge is 0.461 e. The van der Waals surface area contributed by atoms with Crippen molar-refractivity contribution in [3.63, 3.8) is 0 Å². The van der Waals surface area contributed by atoms with E-state index in [0.29, 0.717) is 46.1 Å². The Morgan fingerprint density at radius 3 is 2.57 bits per heavy atom. The van der Waals surface area contributed by atoms with E-state index < -0.39 is 0 Å². The summed E-state index contributed by atoms with van der Waals surface area (Å²) in [7, 11) is 0. The molecule has 4 nitrogen and oxygen atoms in total. The van der Waals surface area contributed by atoms with Gasteiger partial charge in [0.25, 0.3) is 0 Å². The van der Waals surface area contributed by atoms with Gasteiger partial charge in [0.05, 0.1) is 16.6 Å². The van der Waals surface area contributed by atoms with Crippen molar-refractivity contribution >= 4 is 34.3 Å². The number of ether oxygens (including phenoxy) is 2. The summed E-state index contributed by atoms with van der Waals surface area (Å²) in [5, 5.41) is 0. The van der Waals surface area contributed by atoms with Crippen LogP contribution >= 0.6 is 22.6 Å². The molecule has 1 saturated heterocycles. The van der Waals surface area contributed by atoms with Gasteiger partial charge in [-0.05, 0) is 80.5 Å². The van der Waals surface area contributed by atoms with Crippen LogP contribution in [0.2, 0.25) is 0 Å². The maximum absolute atomic E-state index is 12.5. The number of rotatable bonds is 3. The zero-order chi connectivity index (χ0) is 19.8. The van der Waals surface area contributed by atoms with Gasteiger partial charge in [-0.1, -0.05) is 36.4 Å². The molecule has 0 radical (unpaired) electrons. The molecule has 4 saturated carbocycles. The highest BCUT2D eigenvalue weighted by atomic mass is 127. The van der Waals surface area contributed by atoms with E-state index in [1.807, 2.05) is 0 Å². The van der Waals surface area contributed by atoms with Crippen molar-refractivity contribution in [3.05, 3.63) is 0 Å². The maximum Gasteiger partial charge on any atom is 0.316 e. The molecule has 5 aliphatic rings. The predicted molar refractivity (Wildman–Crippen MR) is 114 cm³/mol. The first-order valence-electron chi connectivity index (χ1n) is 11.2. The number of alkyl halides is 1. The topological polar surface area (TPSA) is 55.9 Å². The molecule has 5 rings (SSSR count). The van der Waals surface area contributed by atoms with Crippen LogP contribution in [0, 0.1) is 40.4 Å². The molecule has 1 heterocycles. The van der Waals surface area contributed by atoms with Crippen molar-refractivity contribution in [2.24, 2.45) is 40.4 Å². The lowest BCUT2D eigenvalue weighted by molar-refractivity contribution is -0.191. The van der Waals surface area contributed by atoms with Crippen LogP contribution < -0.4 is 0 Å². The van der Waals surface area contributed by atoms with Crippen molar-refractivity contribution < 1.29 is 19.1 Å². The molecular weight excluding hydrogens is 467 g/mol. The fourth-order valence-corrected chi connectivity index (χ4v) is 8.77. The molecule has 0 aromatic carbocycles. The van der Waals surface area contributed by atoms with Crippen molar-refractivity contribution in [3.8, 4) is 0 Å². The monoisotopic (exact) mass is 500 g/mol. The molecule has 0 amide bonds. The first-order valence-corrected chi connectivity index (χ1v) is 12.7. The van der Waals surface area contributed by atoms with Gasteiger partial charge in [0, 0.05) is 11.8 Å². The number of Topliss-reactive ketones (excluding diaryl/α,β-unsaturated/α-hetero) is 1. The number of esters is 1. The second-order valence-corrected chi connectivity index (χ2v) is 11.6. The molecule has 0 bridgehead atoms. The van der Waals surface area contributed by atoms with Crippen LogP contribution in [-0.4, -0.2) is 34.5 Å². The molecule has 0 N–H and O–H groups in total. The highest BCUT2D eigenvalue weighted by molar-refractivity contribution is 14.1. The van der Waals surface area contributed by atoms with Crippen molar-refractivity contribution in [1.82, 2.24) is 0 Å². The van der Waals surface area contributed by atoms with Crippen molar-refractivity contribution in [2.75, 3.05) is 4.43 Å². The van der Waals surface area contributed by atoms with E-state index in [4.69, 9.17) is 9.47 Å². The van der Waals surface area contributed by atoms with Gasteiger partial charge in [-0.3, -0.25) is 9.59 Å². The van der Waals surface area contributed by atoms with E-state index in [-0.39, 0.29) is 28.8 Å². The zero-order valence-electron chi connectivity index (χ0n) is 17.3. The summed E-state index contributed by atoms with van der Waals surface area (Å²) in [5.74, 6) is 2.65. The van der Waals surface area contributed by atoms with E-state index in [1.54, 1.807) is 6.92 Å². The molecule has 5 fully saturated rings. The molecule has 10 atom stereocenters. The molecule has 156 valence electrons. The molecule has 28 heavy (non-hydrogen) atoms. The molecule has 0 aromatic heterocycles. The number of fused-ring (bicyclic) bond motifs is 6. The summed E-state index contributed by atoms with van der Waals surface area (Å²) in [6, 6.07) is 0. The normalized spacial score (nSPS) is 54.0. The van der Waals surface area contributed by atoms with E-state index >= 15 is 0 Å². The summed E-state index contributed by atoms with van der Waals surface area (Å²) in [6.07, 6.45) is 8.74. The minimum Gasteiger partial charge on any atom is -0.461 e. The van der Waals surface area contributed by atoms with E-state index in [2.05, 4.69) is 36.4 Å². The number of halogens is 1. The Labute approximate surface area is 182 Å². The first-order chi connectivity index (χ1) is 13.3. The second kappa shape index (κ2) is 6.66. The number of carbonyl (C=O) groups is 2. The average molecular weight is 500 g/mol. The van der Waals surface area contributed by atoms with Crippen LogP contribution in [0.1, 0.15) is 65.7 Å². The van der Waals surface area contributed by atoms with Crippen LogP contribution in [0.5, 0.6) is 0 Å². The Balaban J connectivity index is 1.53. The average Bonchev–Trinajstić information content (AvgIpc) is 3.27. The lowest BCUT2D eigenvalue weighted by Gasteiger charge is -2.61. The SMILES string of the molecule is CC(=O)[C@H]1CC[C@H]2[C@@H]3CCC4CC5OC5C[C@]4(C)[C@H]3C(OC(=O)CI)C[C@]12C. The van der Waals surface area contributed by atoms with Gasteiger partial charge in [0.15, 0.2) is 0 Å². The predicted octanol–water partition coefficient (Wildman–Crippen LogP) is 4.57. The van der Waals surface area contributed by atoms with Gasteiger partial charge >= 0.3 is 5.97 Å². The van der Waals surface area contributed by atoms with Crippen LogP contribution in [0.4, 0.5) is 0 Å². The van der Waals surface area contributed by atoms with Crippen molar-refractivity contribution in [1.29, 1.82) is 0 Å². The summed E-state index contributed by atoms with van der Waals surface area (Å²) in [6.45, 7) is 6.56. The van der Waals surface area contributed by atoms with Gasteiger partial charge in [0.1, 0.15) is 11.9 Å². The van der Waals surface area contributed by atoms with Gasteiger partial charge < -0.3 is 9.47 Å². The number of hydrogen-bond donors (Lipinski definition) is 0. The van der Waals surface area contributed by atoms with Crippen LogP contribution in [0.3, 0.4) is 0 Å². The summed E-state index contributed by atoms with van der Waals surface area (Å²) in [4.78, 5) is 24.8. The standard InChI is InChI=1S/C23H33IO4/c1-12(25)15-6-7-16-14-5-4-13-8-17-18(27-17)9-22(13,2)21(14)19(10-23(15,16)3)28-20(26)11-24/h13-19,21H,4-11H2,1-3H3/t13?,14-,15+,16-,17?,18?,19?,21+,22-,23+/m0/s1. The Morgan fingerprint density at radius 1 is 1.07 bits per heavy atom. The molecule has 4 unspecified atom stereocenters. The highest BCUT2D eigenvalue weighted by Crippen LogP contribution is 2.69. The smallest absolute Gasteiger partial charge is 0.316 e. The Kier molecular flexibility index (Phi) is 4.71. The fraction of sp³-hybridized carbons (Fsp3) is 0.913. The Bertz CT molecular complexity index is 694. The molecule has 1 aliphatic heterocycles. The summed E-state index contributed by atoms with van der Waals surface area (Å²) < 4.78 is 12.5. The molecule has 4 aliphatic carbocycles. The van der Waals surface area contributed by atoms with E-state index in [9.17, 15) is 9.59 Å². The van der Waals surface area contributed by atoms with Crippen LogP contribution in [-0.2, 0) is 19.1 Å². The van der Waals surface area contributed by atoms with Gasteiger partial charge in [-0.25, -0.2) is 0 Å². The van der Waals surface area contributed by atoms with Crippen molar-refractivity contribution in [2.45, 2.75) is 84.0 Å². The number of ketones is 1. The third-order valence-electron chi connectivity index (χ3n) is 9.70. The lowest BCUT2D eigenvalue weighted by Crippen LogP contribution is -2.60. The minimum atomic E-state index is -0.0918. The fourth-order valence-electron chi connectivity index (χ4n) is 8.59. The zero-order valence-corrected chi connectivity index (χ0v) is 19.4. The number of hydrogen-bond acceptors (Lipinski definition) is 4. The van der Waals surface area contributed by atoms with Gasteiger partial charge in [0.2, 0.25) is 0 Å². The Hall–Kier alpha value is -0.170. The third kappa shape index (κ3) is 2.77. The van der Waals surface area contributed by atoms with E-state index in [0.717, 1.165) is 25.7 Å². The number of carbonyl (C=O) groups excluding carboxylic acids is 2. The van der Waals surface area contributed by atoms with Crippen LogP contribution in [0.25, 0.3) is 0 Å². The quantitative estimate of drug-likeness (QED) is 0.247. The third-order valence-corrected chi connectivity index (χ3v) is 10.3. The second-order valence-electron chi connectivity index (χ2n) is 10.8. The Morgan fingerprint density at radius 2 is 1.86 bits per heavy atom. The van der Waals surface area contributed by atoms with Gasteiger partial charge in [-0.2, -0.15) is 0 Å². The van der Waals surface area contributed by atoms with Crippen LogP contribution in [0.15, 0.2) is 0 Å². The maximum atomic E-state index is 12.5. The highest BCUT2D eigenvalue weighted by Gasteiger charge is 2.67. The first kappa shape index (κ1) is 19.8. The molecule has 5 heteroatoms. The molecular formula is C23H33IO4.